The van der Waals surface area contributed by atoms with Crippen LogP contribution < -0.4 is 5.73 Å². The number of amides is 1. The zero-order chi connectivity index (χ0) is 12.4. The first-order valence-electron chi connectivity index (χ1n) is 5.75. The molecule has 0 radical (unpaired) electrons. The molecule has 1 atom stereocenters. The molecule has 2 N–H and O–H groups in total. The number of nitrogens with zero attached hydrogens (tertiary/aromatic N) is 3. The van der Waals surface area contributed by atoms with E-state index in [0.29, 0.717) is 12.2 Å². The van der Waals surface area contributed by atoms with Crippen LogP contribution in [0.15, 0.2) is 5.38 Å². The van der Waals surface area contributed by atoms with E-state index < -0.39 is 0 Å². The van der Waals surface area contributed by atoms with E-state index in [-0.39, 0.29) is 11.9 Å². The van der Waals surface area contributed by atoms with Crippen molar-refractivity contribution in [2.24, 2.45) is 5.73 Å². The van der Waals surface area contributed by atoms with Crippen LogP contribution in [0.1, 0.15) is 22.4 Å². The monoisotopic (exact) mass is 254 g/mol. The molecule has 1 fully saturated rings. The average molecular weight is 254 g/mol. The van der Waals surface area contributed by atoms with Gasteiger partial charge in [-0.1, -0.05) is 0 Å². The molecule has 1 amide bonds. The van der Waals surface area contributed by atoms with Crippen LogP contribution in [0, 0.1) is 0 Å². The molecule has 1 aliphatic heterocycles. The number of thiazole rings is 1. The van der Waals surface area contributed by atoms with Crippen LogP contribution in [-0.4, -0.2) is 53.4 Å². The van der Waals surface area contributed by atoms with E-state index in [1.54, 1.807) is 5.38 Å². The number of nitrogens with two attached hydrogens (primary N) is 1. The van der Waals surface area contributed by atoms with E-state index in [1.807, 2.05) is 4.90 Å². The summed E-state index contributed by atoms with van der Waals surface area (Å²) in [5.74, 6) is 0.0292. The number of likely N-dealkylation sites (N-methyl/N-ethyl adjacent to an activating group) is 1. The van der Waals surface area contributed by atoms with Crippen molar-refractivity contribution >= 4 is 17.2 Å². The Morgan fingerprint density at radius 3 is 3.00 bits per heavy atom. The van der Waals surface area contributed by atoms with Gasteiger partial charge >= 0.3 is 0 Å². The molecule has 1 saturated heterocycles. The van der Waals surface area contributed by atoms with Crippen LogP contribution in [0.5, 0.6) is 0 Å². The van der Waals surface area contributed by atoms with Crippen molar-refractivity contribution in [3.05, 3.63) is 16.1 Å². The van der Waals surface area contributed by atoms with Crippen LogP contribution in [0.4, 0.5) is 0 Å². The maximum atomic E-state index is 12.3. The van der Waals surface area contributed by atoms with Crippen LogP contribution in [-0.2, 0) is 6.54 Å². The Labute approximate surface area is 105 Å². The molecule has 5 nitrogen and oxygen atoms in total. The van der Waals surface area contributed by atoms with Crippen LogP contribution in [0.25, 0.3) is 0 Å². The molecule has 0 saturated carbocycles. The van der Waals surface area contributed by atoms with Crippen molar-refractivity contribution in [2.45, 2.75) is 19.5 Å². The predicted octanol–water partition coefficient (Wildman–Crippen LogP) is 0.378. The topological polar surface area (TPSA) is 62.5 Å². The Kier molecular flexibility index (Phi) is 3.76. The van der Waals surface area contributed by atoms with Crippen molar-refractivity contribution in [1.82, 2.24) is 14.8 Å². The van der Waals surface area contributed by atoms with Crippen molar-refractivity contribution < 1.29 is 4.79 Å². The highest BCUT2D eigenvalue weighted by atomic mass is 32.1. The third kappa shape index (κ3) is 2.65. The van der Waals surface area contributed by atoms with E-state index in [4.69, 9.17) is 5.73 Å². The molecular weight excluding hydrogens is 236 g/mol. The summed E-state index contributed by atoms with van der Waals surface area (Å²) < 4.78 is 0. The summed E-state index contributed by atoms with van der Waals surface area (Å²) in [6.07, 6.45) is 0. The number of carbonyl (C=O) groups excluding carboxylic acids is 1. The van der Waals surface area contributed by atoms with Gasteiger partial charge in [-0.15, -0.1) is 11.3 Å². The second-order valence-electron chi connectivity index (χ2n) is 4.44. The summed E-state index contributed by atoms with van der Waals surface area (Å²) in [6.45, 7) is 5.08. The highest BCUT2D eigenvalue weighted by molar-refractivity contribution is 7.09. The number of piperazine rings is 1. The van der Waals surface area contributed by atoms with E-state index in [0.717, 1.165) is 24.6 Å². The molecule has 2 rings (SSSR count). The molecule has 6 heteroatoms. The van der Waals surface area contributed by atoms with Crippen LogP contribution in [0.2, 0.25) is 0 Å². The summed E-state index contributed by atoms with van der Waals surface area (Å²) in [4.78, 5) is 20.6. The minimum absolute atomic E-state index is 0.0292. The van der Waals surface area contributed by atoms with Gasteiger partial charge in [-0.3, -0.25) is 4.79 Å². The van der Waals surface area contributed by atoms with Crippen molar-refractivity contribution in [1.29, 1.82) is 0 Å². The second-order valence-corrected chi connectivity index (χ2v) is 5.38. The molecule has 1 aromatic heterocycles. The largest absolute Gasteiger partial charge is 0.332 e. The first kappa shape index (κ1) is 12.5. The van der Waals surface area contributed by atoms with Gasteiger partial charge in [-0.2, -0.15) is 0 Å². The fraction of sp³-hybridized carbons (Fsp3) is 0.636. The van der Waals surface area contributed by atoms with E-state index in [2.05, 4.69) is 23.9 Å². The van der Waals surface area contributed by atoms with Gasteiger partial charge in [0.05, 0.1) is 0 Å². The smallest absolute Gasteiger partial charge is 0.273 e. The number of carbonyl (C=O) groups is 1. The number of hydrogen-bond acceptors (Lipinski definition) is 5. The zero-order valence-corrected chi connectivity index (χ0v) is 11.0. The molecule has 94 valence electrons. The quantitative estimate of drug-likeness (QED) is 0.828. The fourth-order valence-corrected chi connectivity index (χ4v) is 2.74. The van der Waals surface area contributed by atoms with Gasteiger partial charge in [-0.05, 0) is 14.0 Å². The molecule has 1 aromatic rings. The van der Waals surface area contributed by atoms with E-state index in [9.17, 15) is 4.79 Å². The Morgan fingerprint density at radius 2 is 2.41 bits per heavy atom. The number of rotatable bonds is 2. The van der Waals surface area contributed by atoms with E-state index in [1.165, 1.54) is 11.3 Å². The van der Waals surface area contributed by atoms with Crippen molar-refractivity contribution in [2.75, 3.05) is 26.7 Å². The van der Waals surface area contributed by atoms with Crippen molar-refractivity contribution in [3.8, 4) is 0 Å². The molecule has 0 bridgehead atoms. The standard InChI is InChI=1S/C11H18N4OS/c1-8-6-14(2)3-4-15(8)11(16)9-7-17-10(5-12)13-9/h7-8H,3-6,12H2,1-2H3. The molecule has 2 heterocycles. The summed E-state index contributed by atoms with van der Waals surface area (Å²) in [5, 5.41) is 2.62. The average Bonchev–Trinajstić information content (AvgIpc) is 2.76. The molecule has 1 unspecified atom stereocenters. The Hall–Kier alpha value is -0.980. The maximum Gasteiger partial charge on any atom is 0.273 e. The predicted molar refractivity (Wildman–Crippen MR) is 68.0 cm³/mol. The summed E-state index contributed by atoms with van der Waals surface area (Å²) >= 11 is 1.45. The fourth-order valence-electron chi connectivity index (χ4n) is 2.09. The normalized spacial score (nSPS) is 21.8. The maximum absolute atomic E-state index is 12.3. The molecular formula is C11H18N4OS. The minimum Gasteiger partial charge on any atom is -0.332 e. The summed E-state index contributed by atoms with van der Waals surface area (Å²) in [6, 6.07) is 0.240. The Bertz CT molecular complexity index is 406. The third-order valence-electron chi connectivity index (χ3n) is 3.04. The molecule has 1 aliphatic rings. The molecule has 0 aromatic carbocycles. The molecule has 0 aliphatic carbocycles. The lowest BCUT2D eigenvalue weighted by molar-refractivity contribution is 0.0528. The highest BCUT2D eigenvalue weighted by Gasteiger charge is 2.27. The third-order valence-corrected chi connectivity index (χ3v) is 3.91. The van der Waals surface area contributed by atoms with Crippen LogP contribution in [0.3, 0.4) is 0 Å². The van der Waals surface area contributed by atoms with Gasteiger partial charge < -0.3 is 15.5 Å². The molecule has 0 spiro atoms. The second kappa shape index (κ2) is 5.12. The van der Waals surface area contributed by atoms with Gasteiger partial charge in [-0.25, -0.2) is 4.98 Å². The summed E-state index contributed by atoms with van der Waals surface area (Å²) in [7, 11) is 2.08. The lowest BCUT2D eigenvalue weighted by atomic mass is 10.2. The first-order valence-corrected chi connectivity index (χ1v) is 6.63. The van der Waals surface area contributed by atoms with Gasteiger partial charge in [0.25, 0.3) is 5.91 Å². The SMILES string of the molecule is CC1CN(C)CCN1C(=O)c1csc(CN)n1. The van der Waals surface area contributed by atoms with Gasteiger partial charge in [0, 0.05) is 37.6 Å². The van der Waals surface area contributed by atoms with Gasteiger partial charge in [0.2, 0.25) is 0 Å². The Balaban J connectivity index is 2.09. The lowest BCUT2D eigenvalue weighted by Crippen LogP contribution is -2.52. The van der Waals surface area contributed by atoms with Crippen molar-refractivity contribution in [3.63, 3.8) is 0 Å². The summed E-state index contributed by atoms with van der Waals surface area (Å²) in [5.41, 5.74) is 6.04. The van der Waals surface area contributed by atoms with Gasteiger partial charge in [0.15, 0.2) is 0 Å². The number of hydrogen-bond donors (Lipinski definition) is 1. The van der Waals surface area contributed by atoms with Crippen LogP contribution >= 0.6 is 11.3 Å². The Morgan fingerprint density at radius 1 is 1.65 bits per heavy atom. The van der Waals surface area contributed by atoms with E-state index >= 15 is 0 Å². The highest BCUT2D eigenvalue weighted by Crippen LogP contribution is 2.15. The minimum atomic E-state index is 0.0292. The zero-order valence-electron chi connectivity index (χ0n) is 10.2. The van der Waals surface area contributed by atoms with Gasteiger partial charge in [0.1, 0.15) is 10.7 Å². The molecule has 17 heavy (non-hydrogen) atoms. The first-order chi connectivity index (χ1) is 8.11. The number of aromatic nitrogens is 1. The lowest BCUT2D eigenvalue weighted by Gasteiger charge is -2.37.